The standard InChI is InChI=1S/C22H22N2O3S/c1-3-15-4-8-17(9-5-15)21-24-19(14-28-21)12-20(25)23-13-16-6-10-18(11-7-16)22(26)27-2/h4-11,14H,3,12-13H2,1-2H3,(H,23,25). The molecule has 0 spiro atoms. The van der Waals surface area contributed by atoms with E-state index in [4.69, 9.17) is 0 Å². The van der Waals surface area contributed by atoms with Crippen LogP contribution >= 0.6 is 11.3 Å². The van der Waals surface area contributed by atoms with Gasteiger partial charge in [0, 0.05) is 17.5 Å². The van der Waals surface area contributed by atoms with E-state index in [1.165, 1.54) is 12.7 Å². The lowest BCUT2D eigenvalue weighted by molar-refractivity contribution is -0.120. The van der Waals surface area contributed by atoms with E-state index in [1.54, 1.807) is 35.6 Å². The molecule has 0 radical (unpaired) electrons. The number of amides is 1. The van der Waals surface area contributed by atoms with Gasteiger partial charge in [-0.3, -0.25) is 4.79 Å². The summed E-state index contributed by atoms with van der Waals surface area (Å²) in [7, 11) is 1.35. The molecule has 1 N–H and O–H groups in total. The fourth-order valence-corrected chi connectivity index (χ4v) is 3.53. The second-order valence-electron chi connectivity index (χ2n) is 6.34. The molecule has 0 saturated carbocycles. The number of benzene rings is 2. The Morgan fingerprint density at radius 2 is 1.71 bits per heavy atom. The van der Waals surface area contributed by atoms with Crippen LogP contribution in [0, 0.1) is 0 Å². The van der Waals surface area contributed by atoms with Gasteiger partial charge in [-0.25, -0.2) is 9.78 Å². The number of esters is 1. The number of ether oxygens (including phenoxy) is 1. The van der Waals surface area contributed by atoms with Crippen molar-refractivity contribution in [1.82, 2.24) is 10.3 Å². The quantitative estimate of drug-likeness (QED) is 0.615. The Morgan fingerprint density at radius 3 is 2.36 bits per heavy atom. The third-order valence-electron chi connectivity index (χ3n) is 4.37. The molecule has 0 atom stereocenters. The molecule has 0 fully saturated rings. The van der Waals surface area contributed by atoms with Gasteiger partial charge in [-0.2, -0.15) is 0 Å². The molecule has 1 heterocycles. The largest absolute Gasteiger partial charge is 0.465 e. The molecule has 0 aliphatic rings. The molecule has 3 aromatic rings. The number of aryl methyl sites for hydroxylation is 1. The van der Waals surface area contributed by atoms with E-state index in [9.17, 15) is 9.59 Å². The van der Waals surface area contributed by atoms with E-state index >= 15 is 0 Å². The molecule has 28 heavy (non-hydrogen) atoms. The van der Waals surface area contributed by atoms with Gasteiger partial charge < -0.3 is 10.1 Å². The average molecular weight is 394 g/mol. The number of carbonyl (C=O) groups is 2. The van der Waals surface area contributed by atoms with Crippen molar-refractivity contribution in [1.29, 1.82) is 0 Å². The Labute approximate surface area is 168 Å². The molecule has 0 saturated heterocycles. The summed E-state index contributed by atoms with van der Waals surface area (Å²) in [6.45, 7) is 2.53. The molecule has 2 aromatic carbocycles. The lowest BCUT2D eigenvalue weighted by atomic mass is 10.1. The minimum absolute atomic E-state index is 0.0878. The highest BCUT2D eigenvalue weighted by Gasteiger charge is 2.10. The van der Waals surface area contributed by atoms with Crippen molar-refractivity contribution in [3.05, 3.63) is 76.3 Å². The van der Waals surface area contributed by atoms with Gasteiger partial charge in [0.05, 0.1) is 24.8 Å². The number of thiazole rings is 1. The summed E-state index contributed by atoms with van der Waals surface area (Å²) in [6.07, 6.45) is 1.25. The van der Waals surface area contributed by atoms with Crippen LogP contribution in [0.15, 0.2) is 53.9 Å². The molecule has 1 amide bonds. The third kappa shape index (κ3) is 5.04. The molecule has 0 unspecified atom stereocenters. The van der Waals surface area contributed by atoms with Crippen LogP contribution in [0.4, 0.5) is 0 Å². The van der Waals surface area contributed by atoms with Crippen LogP contribution in [0.1, 0.15) is 34.1 Å². The first-order chi connectivity index (χ1) is 13.6. The highest BCUT2D eigenvalue weighted by Crippen LogP contribution is 2.24. The van der Waals surface area contributed by atoms with Crippen molar-refractivity contribution in [2.75, 3.05) is 7.11 Å². The number of rotatable bonds is 7. The van der Waals surface area contributed by atoms with Crippen LogP contribution in [-0.4, -0.2) is 24.0 Å². The summed E-state index contributed by atoms with van der Waals surface area (Å²) in [5.74, 6) is -0.463. The first-order valence-corrected chi connectivity index (χ1v) is 9.94. The number of hydrogen-bond donors (Lipinski definition) is 1. The van der Waals surface area contributed by atoms with Crippen molar-refractivity contribution < 1.29 is 14.3 Å². The van der Waals surface area contributed by atoms with Crippen LogP contribution < -0.4 is 5.32 Å². The van der Waals surface area contributed by atoms with E-state index in [2.05, 4.69) is 46.2 Å². The molecular weight excluding hydrogens is 372 g/mol. The maximum atomic E-state index is 12.2. The maximum absolute atomic E-state index is 12.2. The highest BCUT2D eigenvalue weighted by atomic mass is 32.1. The molecule has 3 rings (SSSR count). The number of aromatic nitrogens is 1. The van der Waals surface area contributed by atoms with Crippen molar-refractivity contribution in [3.8, 4) is 10.6 Å². The van der Waals surface area contributed by atoms with E-state index in [1.807, 2.05) is 5.38 Å². The van der Waals surface area contributed by atoms with Crippen LogP contribution in [0.3, 0.4) is 0 Å². The minimum atomic E-state index is -0.376. The van der Waals surface area contributed by atoms with Crippen molar-refractivity contribution in [3.63, 3.8) is 0 Å². The van der Waals surface area contributed by atoms with E-state index in [-0.39, 0.29) is 18.3 Å². The number of methoxy groups -OCH3 is 1. The predicted molar refractivity (Wildman–Crippen MR) is 110 cm³/mol. The molecule has 0 aliphatic heterocycles. The molecule has 144 valence electrons. The van der Waals surface area contributed by atoms with Crippen molar-refractivity contribution in [2.45, 2.75) is 26.3 Å². The third-order valence-corrected chi connectivity index (χ3v) is 5.31. The Bertz CT molecular complexity index is 947. The Kier molecular flexibility index (Phi) is 6.55. The second-order valence-corrected chi connectivity index (χ2v) is 7.19. The van der Waals surface area contributed by atoms with Crippen molar-refractivity contribution in [2.24, 2.45) is 0 Å². The van der Waals surface area contributed by atoms with Crippen LogP contribution in [0.5, 0.6) is 0 Å². The molecular formula is C22H22N2O3S. The smallest absolute Gasteiger partial charge is 0.337 e. The molecule has 6 heteroatoms. The fourth-order valence-electron chi connectivity index (χ4n) is 2.71. The lowest BCUT2D eigenvalue weighted by Gasteiger charge is -2.05. The number of nitrogens with zero attached hydrogens (tertiary/aromatic N) is 1. The van der Waals surface area contributed by atoms with Crippen molar-refractivity contribution >= 4 is 23.2 Å². The fraction of sp³-hybridized carbons (Fsp3) is 0.227. The first kappa shape index (κ1) is 19.8. The molecule has 1 aromatic heterocycles. The maximum Gasteiger partial charge on any atom is 0.337 e. The summed E-state index contributed by atoms with van der Waals surface area (Å²) < 4.78 is 4.67. The molecule has 0 bridgehead atoms. The van der Waals surface area contributed by atoms with Gasteiger partial charge in [-0.1, -0.05) is 43.3 Å². The van der Waals surface area contributed by atoms with E-state index in [0.29, 0.717) is 12.1 Å². The predicted octanol–water partition coefficient (Wildman–Crippen LogP) is 4.02. The van der Waals surface area contributed by atoms with Gasteiger partial charge in [-0.05, 0) is 29.7 Å². The first-order valence-electron chi connectivity index (χ1n) is 9.06. The Hall–Kier alpha value is -2.99. The van der Waals surface area contributed by atoms with Gasteiger partial charge in [0.25, 0.3) is 0 Å². The zero-order valence-corrected chi connectivity index (χ0v) is 16.7. The number of carbonyl (C=O) groups excluding carboxylic acids is 2. The Balaban J connectivity index is 1.53. The highest BCUT2D eigenvalue weighted by molar-refractivity contribution is 7.13. The van der Waals surface area contributed by atoms with Gasteiger partial charge in [0.15, 0.2) is 0 Å². The second kappa shape index (κ2) is 9.28. The Morgan fingerprint density at radius 1 is 1.04 bits per heavy atom. The summed E-state index contributed by atoms with van der Waals surface area (Å²) in [5.41, 5.74) is 4.52. The summed E-state index contributed by atoms with van der Waals surface area (Å²) in [6, 6.07) is 15.3. The monoisotopic (exact) mass is 394 g/mol. The van der Waals surface area contributed by atoms with Crippen LogP contribution in [0.25, 0.3) is 10.6 Å². The lowest BCUT2D eigenvalue weighted by Crippen LogP contribution is -2.24. The summed E-state index contributed by atoms with van der Waals surface area (Å²) in [4.78, 5) is 28.2. The van der Waals surface area contributed by atoms with Gasteiger partial charge in [-0.15, -0.1) is 11.3 Å². The number of nitrogens with one attached hydrogen (secondary N) is 1. The van der Waals surface area contributed by atoms with Gasteiger partial charge >= 0.3 is 5.97 Å². The zero-order chi connectivity index (χ0) is 19.9. The zero-order valence-electron chi connectivity index (χ0n) is 15.9. The van der Waals surface area contributed by atoms with Crippen LogP contribution in [-0.2, 0) is 28.9 Å². The topological polar surface area (TPSA) is 68.3 Å². The van der Waals surface area contributed by atoms with Gasteiger partial charge in [0.2, 0.25) is 5.91 Å². The molecule has 0 aliphatic carbocycles. The summed E-state index contributed by atoms with van der Waals surface area (Å²) >= 11 is 1.54. The minimum Gasteiger partial charge on any atom is -0.465 e. The van der Waals surface area contributed by atoms with E-state index < -0.39 is 0 Å². The number of hydrogen-bond acceptors (Lipinski definition) is 5. The van der Waals surface area contributed by atoms with E-state index in [0.717, 1.165) is 28.2 Å². The molecule has 5 nitrogen and oxygen atoms in total. The van der Waals surface area contributed by atoms with Crippen LogP contribution in [0.2, 0.25) is 0 Å². The normalized spacial score (nSPS) is 10.5. The SMILES string of the molecule is CCc1ccc(-c2nc(CC(=O)NCc3ccc(C(=O)OC)cc3)cs2)cc1. The van der Waals surface area contributed by atoms with Gasteiger partial charge in [0.1, 0.15) is 5.01 Å². The summed E-state index contributed by atoms with van der Waals surface area (Å²) in [5, 5.41) is 5.73. The average Bonchev–Trinajstić information content (AvgIpc) is 3.20.